The van der Waals surface area contributed by atoms with Crippen LogP contribution in [0.4, 0.5) is 22.0 Å². The minimum Gasteiger partial charge on any atom is -0.294 e. The molecule has 0 aliphatic carbocycles. The van der Waals surface area contributed by atoms with Crippen molar-refractivity contribution < 1.29 is 26.7 Å². The molecular formula is C5H6ClF5O. The van der Waals surface area contributed by atoms with Gasteiger partial charge in [0.25, 0.3) is 0 Å². The van der Waals surface area contributed by atoms with Crippen LogP contribution in [0.15, 0.2) is 13.2 Å². The summed E-state index contributed by atoms with van der Waals surface area (Å²) < 4.78 is 58.6. The first kappa shape index (κ1) is 14.2. The second-order valence-electron chi connectivity index (χ2n) is 1.25. The minimum atomic E-state index is -4.95. The number of hydrogen-bond acceptors (Lipinski definition) is 1. The van der Waals surface area contributed by atoms with Gasteiger partial charge in [-0.05, 0) is 0 Å². The van der Waals surface area contributed by atoms with E-state index in [0.29, 0.717) is 0 Å². The van der Waals surface area contributed by atoms with Crippen molar-refractivity contribution in [2.75, 3.05) is 0 Å². The van der Waals surface area contributed by atoms with Crippen molar-refractivity contribution in [2.45, 2.75) is 18.4 Å². The summed E-state index contributed by atoms with van der Waals surface area (Å²) in [6, 6.07) is 0. The Labute approximate surface area is 70.8 Å². The molecule has 1 atom stereocenters. The molecular weight excluding hydrogens is 206 g/mol. The first-order valence-corrected chi connectivity index (χ1v) is 2.92. The summed E-state index contributed by atoms with van der Waals surface area (Å²) in [5.74, 6) is 0. The fourth-order valence-corrected chi connectivity index (χ4v) is 0.245. The molecule has 0 N–H and O–H groups in total. The normalized spacial score (nSPS) is 13.6. The minimum absolute atomic E-state index is 2.92. The maximum Gasteiger partial charge on any atom is 0.428 e. The second-order valence-corrected chi connectivity index (χ2v) is 1.65. The summed E-state index contributed by atoms with van der Waals surface area (Å²) in [6.07, 6.45) is -4.95. The third kappa shape index (κ3) is 7.74. The van der Waals surface area contributed by atoms with E-state index in [1.807, 2.05) is 0 Å². The number of halogens is 6. The molecule has 0 saturated carbocycles. The van der Waals surface area contributed by atoms with Crippen molar-refractivity contribution in [1.82, 2.24) is 0 Å². The van der Waals surface area contributed by atoms with E-state index < -0.39 is 18.4 Å². The molecule has 74 valence electrons. The van der Waals surface area contributed by atoms with Crippen LogP contribution in [0.2, 0.25) is 0 Å². The van der Waals surface area contributed by atoms with E-state index >= 15 is 0 Å². The molecule has 1 unspecified atom stereocenters. The van der Waals surface area contributed by atoms with Gasteiger partial charge in [0.2, 0.25) is 5.56 Å². The molecule has 0 spiro atoms. The maximum absolute atomic E-state index is 11.2. The van der Waals surface area contributed by atoms with Gasteiger partial charge in [0.1, 0.15) is 0 Å². The van der Waals surface area contributed by atoms with Gasteiger partial charge in [0.15, 0.2) is 0 Å². The molecule has 0 aromatic rings. The van der Waals surface area contributed by atoms with E-state index in [1.54, 1.807) is 0 Å². The van der Waals surface area contributed by atoms with E-state index in [9.17, 15) is 22.0 Å². The SMILES string of the molecule is C=C.FC(F)OC(Cl)C(F)(F)F. The van der Waals surface area contributed by atoms with Crippen molar-refractivity contribution in [3.63, 3.8) is 0 Å². The van der Waals surface area contributed by atoms with Crippen molar-refractivity contribution in [1.29, 1.82) is 0 Å². The smallest absolute Gasteiger partial charge is 0.294 e. The Bertz CT molecular complexity index is 115. The van der Waals surface area contributed by atoms with Gasteiger partial charge in [-0.3, -0.25) is 4.74 Å². The Hall–Kier alpha value is -0.360. The standard InChI is InChI=1S/C3H2ClF5O.C2H4/c4-1(3(7,8)9)10-2(5)6;1-2/h1-2H;1-2H2. The summed E-state index contributed by atoms with van der Waals surface area (Å²) >= 11 is 4.32. The summed E-state index contributed by atoms with van der Waals surface area (Å²) in [6.45, 7) is 2.49. The predicted molar refractivity (Wildman–Crippen MR) is 34.0 cm³/mol. The molecule has 0 heterocycles. The van der Waals surface area contributed by atoms with Gasteiger partial charge in [-0.1, -0.05) is 11.6 Å². The fourth-order valence-electron chi connectivity index (χ4n) is 0.167. The van der Waals surface area contributed by atoms with Gasteiger partial charge in [0.05, 0.1) is 0 Å². The summed E-state index contributed by atoms with van der Waals surface area (Å²) in [7, 11) is 0. The zero-order chi connectivity index (χ0) is 10.4. The van der Waals surface area contributed by atoms with E-state index in [1.165, 1.54) is 0 Å². The maximum atomic E-state index is 11.2. The molecule has 12 heavy (non-hydrogen) atoms. The van der Waals surface area contributed by atoms with E-state index in [4.69, 9.17) is 0 Å². The Balaban J connectivity index is 0. The number of hydrogen-bond donors (Lipinski definition) is 0. The van der Waals surface area contributed by atoms with Crippen LogP contribution < -0.4 is 0 Å². The van der Waals surface area contributed by atoms with Crippen LogP contribution in [0.3, 0.4) is 0 Å². The first-order chi connectivity index (χ1) is 5.34. The van der Waals surface area contributed by atoms with E-state index in [2.05, 4.69) is 29.5 Å². The fraction of sp³-hybridized carbons (Fsp3) is 0.600. The van der Waals surface area contributed by atoms with E-state index in [-0.39, 0.29) is 0 Å². The van der Waals surface area contributed by atoms with Gasteiger partial charge in [0, 0.05) is 0 Å². The van der Waals surface area contributed by atoms with Crippen LogP contribution in [0.5, 0.6) is 0 Å². The van der Waals surface area contributed by atoms with Gasteiger partial charge in [-0.2, -0.15) is 22.0 Å². The van der Waals surface area contributed by atoms with Crippen molar-refractivity contribution >= 4 is 11.6 Å². The van der Waals surface area contributed by atoms with Crippen LogP contribution in [-0.2, 0) is 4.74 Å². The molecule has 0 saturated heterocycles. The van der Waals surface area contributed by atoms with Gasteiger partial charge in [-0.25, -0.2) is 0 Å². The van der Waals surface area contributed by atoms with Crippen LogP contribution in [-0.4, -0.2) is 18.4 Å². The van der Waals surface area contributed by atoms with Gasteiger partial charge >= 0.3 is 12.8 Å². The first-order valence-electron chi connectivity index (χ1n) is 2.48. The molecule has 1 nitrogen and oxygen atoms in total. The number of ether oxygens (including phenoxy) is 1. The highest BCUT2D eigenvalue weighted by Gasteiger charge is 2.41. The molecule has 0 bridgehead atoms. The molecule has 0 amide bonds. The van der Waals surface area contributed by atoms with Crippen LogP contribution in [0, 0.1) is 0 Å². The molecule has 0 aromatic heterocycles. The highest BCUT2D eigenvalue weighted by Crippen LogP contribution is 2.26. The van der Waals surface area contributed by atoms with Crippen LogP contribution in [0.1, 0.15) is 0 Å². The third-order valence-corrected chi connectivity index (χ3v) is 0.830. The number of alkyl halides is 6. The molecule has 0 rings (SSSR count). The lowest BCUT2D eigenvalue weighted by atomic mass is 10.7. The van der Waals surface area contributed by atoms with Crippen molar-refractivity contribution in [3.05, 3.63) is 13.2 Å². The summed E-state index contributed by atoms with van der Waals surface area (Å²) in [4.78, 5) is 0. The zero-order valence-electron chi connectivity index (χ0n) is 5.74. The predicted octanol–water partition coefficient (Wildman–Crippen LogP) is 3.16. The lowest BCUT2D eigenvalue weighted by Crippen LogP contribution is -2.27. The lowest BCUT2D eigenvalue weighted by molar-refractivity contribution is -0.246. The van der Waals surface area contributed by atoms with Crippen molar-refractivity contribution in [2.24, 2.45) is 0 Å². The highest BCUT2D eigenvalue weighted by atomic mass is 35.5. The second kappa shape index (κ2) is 6.19. The average molecular weight is 213 g/mol. The van der Waals surface area contributed by atoms with E-state index in [0.717, 1.165) is 0 Å². The average Bonchev–Trinajstić information content (AvgIpc) is 1.88. The Morgan fingerprint density at radius 3 is 1.58 bits per heavy atom. The topological polar surface area (TPSA) is 9.23 Å². The van der Waals surface area contributed by atoms with Gasteiger partial charge < -0.3 is 0 Å². The Morgan fingerprint density at radius 1 is 1.17 bits per heavy atom. The monoisotopic (exact) mass is 212 g/mol. The largest absolute Gasteiger partial charge is 0.428 e. The molecule has 0 radical (unpaired) electrons. The van der Waals surface area contributed by atoms with Crippen LogP contribution in [0.25, 0.3) is 0 Å². The third-order valence-electron chi connectivity index (χ3n) is 0.480. The molecule has 0 aromatic carbocycles. The molecule has 7 heteroatoms. The van der Waals surface area contributed by atoms with Crippen LogP contribution >= 0.6 is 11.6 Å². The lowest BCUT2D eigenvalue weighted by Gasteiger charge is -2.12. The molecule has 0 aliphatic heterocycles. The Morgan fingerprint density at radius 2 is 1.50 bits per heavy atom. The number of rotatable bonds is 2. The molecule has 0 aliphatic rings. The quantitative estimate of drug-likeness (QED) is 0.388. The zero-order valence-corrected chi connectivity index (χ0v) is 6.50. The highest BCUT2D eigenvalue weighted by molar-refractivity contribution is 6.20. The van der Waals surface area contributed by atoms with Gasteiger partial charge in [-0.15, -0.1) is 13.2 Å². The van der Waals surface area contributed by atoms with Crippen molar-refractivity contribution in [3.8, 4) is 0 Å². The Kier molecular flexibility index (Phi) is 7.31. The summed E-state index contributed by atoms with van der Waals surface area (Å²) in [5, 5.41) is 0. The summed E-state index contributed by atoms with van der Waals surface area (Å²) in [5.41, 5.74) is -2.94. The molecule has 0 fully saturated rings.